The lowest BCUT2D eigenvalue weighted by Crippen LogP contribution is -3.14. The normalized spacial score (nSPS) is 20.1. The molecule has 148 valence electrons. The highest BCUT2D eigenvalue weighted by molar-refractivity contribution is 5.94. The molecule has 1 aliphatic heterocycles. The van der Waals surface area contributed by atoms with E-state index in [9.17, 15) is 9.59 Å². The number of rotatable bonds is 6. The Kier molecular flexibility index (Phi) is 6.66. The van der Waals surface area contributed by atoms with Crippen LogP contribution in [0.1, 0.15) is 24.4 Å². The van der Waals surface area contributed by atoms with Crippen LogP contribution in [0.5, 0.6) is 5.75 Å². The SMILES string of the molecule is COC(=O)C1CC[NH+]([C@@H](C(=O)Nc2cccc(OC)c2)c2ccccc2)CC1. The maximum Gasteiger partial charge on any atom is 0.309 e. The summed E-state index contributed by atoms with van der Waals surface area (Å²) in [7, 11) is 3.03. The summed E-state index contributed by atoms with van der Waals surface area (Å²) in [6.45, 7) is 1.48. The molecule has 6 nitrogen and oxygen atoms in total. The number of quaternary nitrogens is 1. The first-order valence-corrected chi connectivity index (χ1v) is 9.54. The molecule has 1 fully saturated rings. The van der Waals surface area contributed by atoms with E-state index in [1.54, 1.807) is 13.2 Å². The summed E-state index contributed by atoms with van der Waals surface area (Å²) in [5, 5.41) is 3.03. The van der Waals surface area contributed by atoms with Crippen molar-refractivity contribution in [1.82, 2.24) is 0 Å². The van der Waals surface area contributed by atoms with E-state index >= 15 is 0 Å². The number of esters is 1. The predicted molar refractivity (Wildman–Crippen MR) is 106 cm³/mol. The largest absolute Gasteiger partial charge is 0.497 e. The van der Waals surface area contributed by atoms with Crippen molar-refractivity contribution >= 4 is 17.6 Å². The number of carbonyl (C=O) groups excluding carboxylic acids is 2. The van der Waals surface area contributed by atoms with Gasteiger partial charge in [0.15, 0.2) is 6.04 Å². The molecule has 28 heavy (non-hydrogen) atoms. The van der Waals surface area contributed by atoms with Crippen LogP contribution in [0, 0.1) is 5.92 Å². The maximum atomic E-state index is 13.2. The summed E-state index contributed by atoms with van der Waals surface area (Å²) in [6.07, 6.45) is 1.44. The lowest BCUT2D eigenvalue weighted by molar-refractivity contribution is -0.927. The van der Waals surface area contributed by atoms with Gasteiger partial charge in [0.25, 0.3) is 5.91 Å². The van der Waals surface area contributed by atoms with Crippen molar-refractivity contribution in [3.8, 4) is 5.75 Å². The van der Waals surface area contributed by atoms with Gasteiger partial charge >= 0.3 is 5.97 Å². The summed E-state index contributed by atoms with van der Waals surface area (Å²) in [5.74, 6) is 0.397. The molecule has 0 spiro atoms. The lowest BCUT2D eigenvalue weighted by Gasteiger charge is -2.33. The molecule has 0 bridgehead atoms. The number of likely N-dealkylation sites (tertiary alicyclic amines) is 1. The van der Waals surface area contributed by atoms with Crippen molar-refractivity contribution in [3.05, 3.63) is 60.2 Å². The molecule has 1 saturated heterocycles. The van der Waals surface area contributed by atoms with Gasteiger partial charge in [-0.1, -0.05) is 36.4 Å². The van der Waals surface area contributed by atoms with Crippen LogP contribution < -0.4 is 15.0 Å². The van der Waals surface area contributed by atoms with Crippen LogP contribution in [0.4, 0.5) is 5.69 Å². The third kappa shape index (κ3) is 4.70. The average Bonchev–Trinajstić information content (AvgIpc) is 2.74. The second-order valence-corrected chi connectivity index (χ2v) is 7.02. The molecule has 2 N–H and O–H groups in total. The number of benzene rings is 2. The van der Waals surface area contributed by atoms with Gasteiger partial charge in [-0.15, -0.1) is 0 Å². The molecule has 1 atom stereocenters. The number of ether oxygens (including phenoxy) is 2. The fourth-order valence-corrected chi connectivity index (χ4v) is 3.81. The molecule has 0 radical (unpaired) electrons. The Morgan fingerprint density at radius 1 is 1.04 bits per heavy atom. The van der Waals surface area contributed by atoms with E-state index < -0.39 is 0 Å². The first-order chi connectivity index (χ1) is 13.6. The van der Waals surface area contributed by atoms with Crippen molar-refractivity contribution in [2.45, 2.75) is 18.9 Å². The minimum atomic E-state index is -0.342. The molecule has 0 aromatic heterocycles. The molecular formula is C22H27N2O4+. The minimum absolute atomic E-state index is 0.0639. The molecule has 3 rings (SSSR count). The van der Waals surface area contributed by atoms with Crippen molar-refractivity contribution in [2.24, 2.45) is 5.92 Å². The van der Waals surface area contributed by atoms with Crippen molar-refractivity contribution in [3.63, 3.8) is 0 Å². The van der Waals surface area contributed by atoms with Crippen LogP contribution in [-0.4, -0.2) is 39.2 Å². The predicted octanol–water partition coefficient (Wildman–Crippen LogP) is 1.84. The van der Waals surface area contributed by atoms with Crippen LogP contribution in [0.25, 0.3) is 0 Å². The summed E-state index contributed by atoms with van der Waals surface area (Å²) in [4.78, 5) is 26.2. The van der Waals surface area contributed by atoms with E-state index in [1.165, 1.54) is 7.11 Å². The maximum absolute atomic E-state index is 13.2. The van der Waals surface area contributed by atoms with Crippen LogP contribution in [0.3, 0.4) is 0 Å². The van der Waals surface area contributed by atoms with Crippen LogP contribution in [-0.2, 0) is 14.3 Å². The van der Waals surface area contributed by atoms with Gasteiger partial charge in [-0.25, -0.2) is 0 Å². The highest BCUT2D eigenvalue weighted by atomic mass is 16.5. The average molecular weight is 383 g/mol. The van der Waals surface area contributed by atoms with Gasteiger partial charge in [-0.3, -0.25) is 9.59 Å². The number of piperidine rings is 1. The second kappa shape index (κ2) is 9.37. The molecule has 0 aliphatic carbocycles. The van der Waals surface area contributed by atoms with Crippen LogP contribution in [0.2, 0.25) is 0 Å². The molecule has 0 saturated carbocycles. The van der Waals surface area contributed by atoms with Gasteiger partial charge in [0.05, 0.1) is 33.2 Å². The summed E-state index contributed by atoms with van der Waals surface area (Å²) in [6, 6.07) is 16.8. The minimum Gasteiger partial charge on any atom is -0.497 e. The van der Waals surface area contributed by atoms with Gasteiger partial charge in [-0.05, 0) is 12.1 Å². The molecule has 2 aromatic carbocycles. The third-order valence-corrected chi connectivity index (χ3v) is 5.30. The zero-order chi connectivity index (χ0) is 19.9. The van der Waals surface area contributed by atoms with E-state index in [0.29, 0.717) is 11.4 Å². The Balaban J connectivity index is 1.78. The number of anilines is 1. The van der Waals surface area contributed by atoms with Gasteiger partial charge in [0.1, 0.15) is 5.75 Å². The van der Waals surface area contributed by atoms with Gasteiger partial charge in [-0.2, -0.15) is 0 Å². The quantitative estimate of drug-likeness (QED) is 0.747. The Hall–Kier alpha value is -2.86. The Bertz CT molecular complexity index is 801. The summed E-state index contributed by atoms with van der Waals surface area (Å²) >= 11 is 0. The number of amides is 1. The van der Waals surface area contributed by atoms with Crippen molar-refractivity contribution in [2.75, 3.05) is 32.6 Å². The van der Waals surface area contributed by atoms with E-state index in [0.717, 1.165) is 36.4 Å². The van der Waals surface area contributed by atoms with E-state index in [2.05, 4.69) is 5.32 Å². The van der Waals surface area contributed by atoms with E-state index in [4.69, 9.17) is 9.47 Å². The number of hydrogen-bond acceptors (Lipinski definition) is 4. The fraction of sp³-hybridized carbons (Fsp3) is 0.364. The Morgan fingerprint density at radius 2 is 1.75 bits per heavy atom. The van der Waals surface area contributed by atoms with E-state index in [1.807, 2.05) is 48.5 Å². The Labute approximate surface area is 165 Å². The molecular weight excluding hydrogens is 356 g/mol. The second-order valence-electron chi connectivity index (χ2n) is 7.02. The first kappa shape index (κ1) is 19.9. The summed E-state index contributed by atoms with van der Waals surface area (Å²) < 4.78 is 10.1. The molecule has 1 amide bonds. The third-order valence-electron chi connectivity index (χ3n) is 5.30. The molecule has 1 aliphatic rings. The smallest absolute Gasteiger partial charge is 0.309 e. The molecule has 2 aromatic rings. The number of carbonyl (C=O) groups is 2. The van der Waals surface area contributed by atoms with Crippen molar-refractivity contribution in [1.29, 1.82) is 0 Å². The zero-order valence-electron chi connectivity index (χ0n) is 16.3. The highest BCUT2D eigenvalue weighted by Crippen LogP contribution is 2.20. The number of methoxy groups -OCH3 is 2. The Morgan fingerprint density at radius 3 is 2.39 bits per heavy atom. The van der Waals surface area contributed by atoms with Crippen LogP contribution >= 0.6 is 0 Å². The topological polar surface area (TPSA) is 69.1 Å². The van der Waals surface area contributed by atoms with Crippen LogP contribution in [0.15, 0.2) is 54.6 Å². The molecule has 0 unspecified atom stereocenters. The van der Waals surface area contributed by atoms with E-state index in [-0.39, 0.29) is 23.8 Å². The monoisotopic (exact) mass is 383 g/mol. The van der Waals surface area contributed by atoms with Gasteiger partial charge in [0.2, 0.25) is 0 Å². The number of hydrogen-bond donors (Lipinski definition) is 2. The zero-order valence-corrected chi connectivity index (χ0v) is 16.3. The fourth-order valence-electron chi connectivity index (χ4n) is 3.81. The van der Waals surface area contributed by atoms with Crippen molar-refractivity contribution < 1.29 is 24.0 Å². The lowest BCUT2D eigenvalue weighted by atomic mass is 9.94. The summed E-state index contributed by atoms with van der Waals surface area (Å²) in [5.41, 5.74) is 1.67. The van der Waals surface area contributed by atoms with Gasteiger partial charge in [0, 0.05) is 30.2 Å². The number of nitrogens with one attached hydrogen (secondary N) is 2. The molecule has 6 heteroatoms. The molecule has 1 heterocycles. The highest BCUT2D eigenvalue weighted by Gasteiger charge is 2.36. The first-order valence-electron chi connectivity index (χ1n) is 9.54. The van der Waals surface area contributed by atoms with Gasteiger partial charge < -0.3 is 19.7 Å². The standard InChI is InChI=1S/C22H26N2O4/c1-27-19-10-6-9-18(15-19)23-21(25)20(16-7-4-3-5-8-16)24-13-11-17(12-14-24)22(26)28-2/h3-10,15,17,20H,11-14H2,1-2H3,(H,23,25)/p+1/t20-/m1/s1.